The van der Waals surface area contributed by atoms with E-state index in [-0.39, 0.29) is 11.7 Å². The number of phenolic OH excluding ortho intramolecular Hbond substituents is 1. The van der Waals surface area contributed by atoms with E-state index in [0.717, 1.165) is 31.5 Å². The highest BCUT2D eigenvalue weighted by Gasteiger charge is 2.16. The molecule has 18 heavy (non-hydrogen) atoms. The average Bonchev–Trinajstić information content (AvgIpc) is 2.39. The fourth-order valence-corrected chi connectivity index (χ4v) is 2.27. The number of aromatic hydroxyl groups is 1. The predicted molar refractivity (Wildman–Crippen MR) is 70.2 cm³/mol. The first kappa shape index (κ1) is 12.9. The number of hydrogen-bond donors (Lipinski definition) is 3. The van der Waals surface area contributed by atoms with Gasteiger partial charge in [0.25, 0.3) is 0 Å². The summed E-state index contributed by atoms with van der Waals surface area (Å²) >= 11 is 0. The molecule has 0 saturated carbocycles. The van der Waals surface area contributed by atoms with Gasteiger partial charge in [-0.3, -0.25) is 4.79 Å². The van der Waals surface area contributed by atoms with Crippen LogP contribution in [0.2, 0.25) is 0 Å². The highest BCUT2D eigenvalue weighted by atomic mass is 16.3. The van der Waals surface area contributed by atoms with Crippen molar-refractivity contribution in [1.29, 1.82) is 0 Å². The number of phenols is 1. The summed E-state index contributed by atoms with van der Waals surface area (Å²) in [6.45, 7) is 2.42. The summed E-state index contributed by atoms with van der Waals surface area (Å²) < 4.78 is 0. The number of piperidine rings is 1. The van der Waals surface area contributed by atoms with Crippen LogP contribution in [0.1, 0.15) is 24.8 Å². The fraction of sp³-hybridized carbons (Fsp3) is 0.500. The van der Waals surface area contributed by atoms with Crippen LogP contribution in [0, 0.1) is 5.92 Å². The maximum atomic E-state index is 11.8. The van der Waals surface area contributed by atoms with Gasteiger partial charge in [-0.05, 0) is 37.9 Å². The summed E-state index contributed by atoms with van der Waals surface area (Å²) in [6, 6.07) is 7.08. The van der Waals surface area contributed by atoms with E-state index in [1.165, 1.54) is 0 Å². The Labute approximate surface area is 107 Å². The van der Waals surface area contributed by atoms with Gasteiger partial charge in [0.1, 0.15) is 5.75 Å². The lowest BCUT2D eigenvalue weighted by Gasteiger charge is -2.21. The number of carbonyl (C=O) groups excluding carboxylic acids is 1. The molecule has 1 aromatic carbocycles. The molecule has 1 aromatic rings. The lowest BCUT2D eigenvalue weighted by atomic mass is 9.94. The summed E-state index contributed by atoms with van der Waals surface area (Å²) in [5.74, 6) is 0.806. The number of nitrogens with one attached hydrogen (secondary N) is 2. The van der Waals surface area contributed by atoms with Crippen molar-refractivity contribution in [3.63, 3.8) is 0 Å². The third-order valence-electron chi connectivity index (χ3n) is 3.40. The van der Waals surface area contributed by atoms with Crippen LogP contribution in [0.25, 0.3) is 0 Å². The van der Waals surface area contributed by atoms with Crippen molar-refractivity contribution in [3.05, 3.63) is 29.8 Å². The zero-order valence-corrected chi connectivity index (χ0v) is 10.5. The second-order valence-corrected chi connectivity index (χ2v) is 4.80. The molecule has 0 aromatic heterocycles. The second kappa shape index (κ2) is 6.40. The minimum Gasteiger partial charge on any atom is -0.508 e. The van der Waals surface area contributed by atoms with Crippen LogP contribution in [0.15, 0.2) is 24.3 Å². The van der Waals surface area contributed by atoms with Gasteiger partial charge < -0.3 is 15.7 Å². The molecule has 0 unspecified atom stereocenters. The van der Waals surface area contributed by atoms with E-state index >= 15 is 0 Å². The molecule has 1 aliphatic rings. The van der Waals surface area contributed by atoms with Gasteiger partial charge in [-0.25, -0.2) is 0 Å². The van der Waals surface area contributed by atoms with E-state index in [0.29, 0.717) is 18.9 Å². The molecule has 0 bridgehead atoms. The molecule has 1 fully saturated rings. The minimum atomic E-state index is 0.0742. The van der Waals surface area contributed by atoms with Gasteiger partial charge in [0, 0.05) is 18.5 Å². The highest BCUT2D eigenvalue weighted by Crippen LogP contribution is 2.17. The third kappa shape index (κ3) is 3.74. The summed E-state index contributed by atoms with van der Waals surface area (Å²) in [5.41, 5.74) is 0.760. The Kier molecular flexibility index (Phi) is 4.59. The molecule has 1 aliphatic heterocycles. The summed E-state index contributed by atoms with van der Waals surface area (Å²) in [6.07, 6.45) is 2.74. The molecule has 2 rings (SSSR count). The van der Waals surface area contributed by atoms with E-state index < -0.39 is 0 Å². The van der Waals surface area contributed by atoms with Crippen LogP contribution in [0.4, 0.5) is 0 Å². The van der Waals surface area contributed by atoms with Crippen molar-refractivity contribution in [2.75, 3.05) is 13.1 Å². The molecule has 1 amide bonds. The Morgan fingerprint density at radius 3 is 2.78 bits per heavy atom. The van der Waals surface area contributed by atoms with Crippen molar-refractivity contribution in [2.24, 2.45) is 5.92 Å². The highest BCUT2D eigenvalue weighted by molar-refractivity contribution is 5.76. The molecule has 3 N–H and O–H groups in total. The van der Waals surface area contributed by atoms with Gasteiger partial charge in [0.15, 0.2) is 0 Å². The molecule has 98 valence electrons. The Hall–Kier alpha value is -1.55. The van der Waals surface area contributed by atoms with E-state index in [4.69, 9.17) is 0 Å². The Bertz CT molecular complexity index is 401. The standard InChI is InChI=1S/C14H20N2O2/c17-13-4-2-1-3-12(13)10-16-14(18)9-11-5-7-15-8-6-11/h1-4,11,15,17H,5-10H2,(H,16,18). The van der Waals surface area contributed by atoms with E-state index in [2.05, 4.69) is 10.6 Å². The summed E-state index contributed by atoms with van der Waals surface area (Å²) in [5, 5.41) is 15.7. The summed E-state index contributed by atoms with van der Waals surface area (Å²) in [4.78, 5) is 11.8. The quantitative estimate of drug-likeness (QED) is 0.754. The molecular formula is C14H20N2O2. The van der Waals surface area contributed by atoms with E-state index in [1.807, 2.05) is 12.1 Å². The van der Waals surface area contributed by atoms with Crippen molar-refractivity contribution in [2.45, 2.75) is 25.8 Å². The topological polar surface area (TPSA) is 61.4 Å². The van der Waals surface area contributed by atoms with Crippen LogP contribution >= 0.6 is 0 Å². The minimum absolute atomic E-state index is 0.0742. The number of rotatable bonds is 4. The van der Waals surface area contributed by atoms with Crippen LogP contribution in [0.3, 0.4) is 0 Å². The Morgan fingerprint density at radius 2 is 2.06 bits per heavy atom. The number of para-hydroxylation sites is 1. The van der Waals surface area contributed by atoms with Crippen molar-refractivity contribution >= 4 is 5.91 Å². The zero-order valence-electron chi connectivity index (χ0n) is 10.5. The molecular weight excluding hydrogens is 228 g/mol. The van der Waals surface area contributed by atoms with E-state index in [9.17, 15) is 9.90 Å². The second-order valence-electron chi connectivity index (χ2n) is 4.80. The predicted octanol–water partition coefficient (Wildman–Crippen LogP) is 1.40. The van der Waals surface area contributed by atoms with Crippen LogP contribution in [-0.4, -0.2) is 24.1 Å². The van der Waals surface area contributed by atoms with Crippen molar-refractivity contribution in [3.8, 4) is 5.75 Å². The van der Waals surface area contributed by atoms with Crippen molar-refractivity contribution < 1.29 is 9.90 Å². The Balaban J connectivity index is 1.76. The molecule has 4 nitrogen and oxygen atoms in total. The lowest BCUT2D eigenvalue weighted by Crippen LogP contribution is -2.32. The molecule has 0 spiro atoms. The number of amides is 1. The van der Waals surface area contributed by atoms with Gasteiger partial charge in [-0.1, -0.05) is 18.2 Å². The van der Waals surface area contributed by atoms with Gasteiger partial charge in [0.2, 0.25) is 5.91 Å². The van der Waals surface area contributed by atoms with Gasteiger partial charge in [0.05, 0.1) is 0 Å². The lowest BCUT2D eigenvalue weighted by molar-refractivity contribution is -0.122. The largest absolute Gasteiger partial charge is 0.508 e. The first-order valence-corrected chi connectivity index (χ1v) is 6.50. The maximum Gasteiger partial charge on any atom is 0.220 e. The van der Waals surface area contributed by atoms with E-state index in [1.54, 1.807) is 12.1 Å². The van der Waals surface area contributed by atoms with Gasteiger partial charge >= 0.3 is 0 Å². The normalized spacial score (nSPS) is 16.4. The maximum absolute atomic E-state index is 11.8. The first-order chi connectivity index (χ1) is 8.75. The van der Waals surface area contributed by atoms with Crippen LogP contribution in [-0.2, 0) is 11.3 Å². The molecule has 0 radical (unpaired) electrons. The van der Waals surface area contributed by atoms with Crippen LogP contribution < -0.4 is 10.6 Å². The van der Waals surface area contributed by atoms with Crippen LogP contribution in [0.5, 0.6) is 5.75 Å². The number of carbonyl (C=O) groups is 1. The first-order valence-electron chi connectivity index (χ1n) is 6.50. The third-order valence-corrected chi connectivity index (χ3v) is 3.40. The Morgan fingerprint density at radius 1 is 1.33 bits per heavy atom. The number of hydrogen-bond acceptors (Lipinski definition) is 3. The van der Waals surface area contributed by atoms with Gasteiger partial charge in [-0.15, -0.1) is 0 Å². The molecule has 1 heterocycles. The molecule has 0 atom stereocenters. The molecule has 0 aliphatic carbocycles. The summed E-state index contributed by atoms with van der Waals surface area (Å²) in [7, 11) is 0. The SMILES string of the molecule is O=C(CC1CCNCC1)NCc1ccccc1O. The molecule has 4 heteroatoms. The smallest absolute Gasteiger partial charge is 0.220 e. The number of benzene rings is 1. The average molecular weight is 248 g/mol. The zero-order chi connectivity index (χ0) is 12.8. The molecule has 1 saturated heterocycles. The monoisotopic (exact) mass is 248 g/mol. The van der Waals surface area contributed by atoms with Crippen molar-refractivity contribution in [1.82, 2.24) is 10.6 Å². The van der Waals surface area contributed by atoms with Gasteiger partial charge in [-0.2, -0.15) is 0 Å². The fourth-order valence-electron chi connectivity index (χ4n) is 2.27.